The zero-order chi connectivity index (χ0) is 18.5. The fraction of sp³-hybridized carbons (Fsp3) is 0.350. The van der Waals surface area contributed by atoms with Gasteiger partial charge in [-0.25, -0.2) is 4.79 Å². The summed E-state index contributed by atoms with van der Waals surface area (Å²) in [7, 11) is 0. The van der Waals surface area contributed by atoms with E-state index in [4.69, 9.17) is 0 Å². The molecule has 6 nitrogen and oxygen atoms in total. The summed E-state index contributed by atoms with van der Waals surface area (Å²) in [5.41, 5.74) is 2.80. The Kier molecular flexibility index (Phi) is 5.51. The molecule has 1 aromatic heterocycles. The van der Waals surface area contributed by atoms with Crippen molar-refractivity contribution in [2.24, 2.45) is 5.92 Å². The minimum atomic E-state index is -0.845. The smallest absolute Gasteiger partial charge is 0.318 e. The van der Waals surface area contributed by atoms with E-state index in [9.17, 15) is 14.7 Å². The summed E-state index contributed by atoms with van der Waals surface area (Å²) >= 11 is 0. The molecule has 1 aliphatic rings. The molecule has 2 aromatic rings. The molecule has 1 saturated heterocycles. The summed E-state index contributed by atoms with van der Waals surface area (Å²) in [6.45, 7) is 2.81. The van der Waals surface area contributed by atoms with Gasteiger partial charge in [-0.3, -0.25) is 9.78 Å². The number of hydrogen-bond donors (Lipinski definition) is 2. The van der Waals surface area contributed by atoms with Crippen molar-refractivity contribution in [1.82, 2.24) is 15.2 Å². The maximum absolute atomic E-state index is 12.8. The monoisotopic (exact) mass is 353 g/mol. The van der Waals surface area contributed by atoms with E-state index in [1.54, 1.807) is 11.1 Å². The molecule has 6 heteroatoms. The zero-order valence-electron chi connectivity index (χ0n) is 14.8. The Morgan fingerprint density at radius 3 is 2.81 bits per heavy atom. The molecule has 2 atom stereocenters. The number of likely N-dealkylation sites (tertiary alicyclic amines) is 1. The number of aryl methyl sites for hydroxylation is 1. The van der Waals surface area contributed by atoms with Crippen molar-refractivity contribution in [2.45, 2.75) is 25.8 Å². The molecule has 2 amide bonds. The lowest BCUT2D eigenvalue weighted by atomic mass is 9.98. The standard InChI is InChI=1S/C20H23N3O3/c1-14-6-4-7-15(12-14)18(17-9-2-3-10-21-17)22-20(26)23-11-5-8-16(13-23)19(24)25/h2-4,6-7,9-10,12,16,18H,5,8,11,13H2,1H3,(H,22,26)(H,24,25). The van der Waals surface area contributed by atoms with Crippen molar-refractivity contribution in [3.05, 3.63) is 65.5 Å². The number of nitrogens with zero attached hydrogens (tertiary/aromatic N) is 2. The largest absolute Gasteiger partial charge is 0.481 e. The highest BCUT2D eigenvalue weighted by Gasteiger charge is 2.29. The molecule has 1 aromatic carbocycles. The van der Waals surface area contributed by atoms with E-state index >= 15 is 0 Å². The fourth-order valence-corrected chi connectivity index (χ4v) is 3.30. The van der Waals surface area contributed by atoms with Gasteiger partial charge in [0.15, 0.2) is 0 Å². The number of pyridine rings is 1. The minimum Gasteiger partial charge on any atom is -0.481 e. The number of hydrogen-bond acceptors (Lipinski definition) is 3. The third kappa shape index (κ3) is 4.20. The summed E-state index contributed by atoms with van der Waals surface area (Å²) in [5.74, 6) is -1.34. The number of nitrogens with one attached hydrogen (secondary N) is 1. The van der Waals surface area contributed by atoms with Gasteiger partial charge in [0.1, 0.15) is 0 Å². The predicted octanol–water partition coefficient (Wildman–Crippen LogP) is 2.99. The average Bonchev–Trinajstić information content (AvgIpc) is 2.66. The molecule has 1 aliphatic heterocycles. The van der Waals surface area contributed by atoms with Crippen molar-refractivity contribution in [3.8, 4) is 0 Å². The average molecular weight is 353 g/mol. The van der Waals surface area contributed by atoms with E-state index in [0.29, 0.717) is 19.4 Å². The van der Waals surface area contributed by atoms with E-state index in [2.05, 4.69) is 10.3 Å². The lowest BCUT2D eigenvalue weighted by Crippen LogP contribution is -2.48. The van der Waals surface area contributed by atoms with Crippen LogP contribution >= 0.6 is 0 Å². The van der Waals surface area contributed by atoms with Crippen LogP contribution in [0.15, 0.2) is 48.7 Å². The summed E-state index contributed by atoms with van der Waals surface area (Å²) in [5, 5.41) is 12.3. The quantitative estimate of drug-likeness (QED) is 0.885. The number of urea groups is 1. The highest BCUT2D eigenvalue weighted by Crippen LogP contribution is 2.23. The van der Waals surface area contributed by atoms with Gasteiger partial charge in [-0.2, -0.15) is 0 Å². The van der Waals surface area contributed by atoms with Gasteiger partial charge >= 0.3 is 12.0 Å². The normalized spacial score (nSPS) is 18.2. The second-order valence-corrected chi connectivity index (χ2v) is 6.67. The molecular formula is C20H23N3O3. The zero-order valence-corrected chi connectivity index (χ0v) is 14.8. The van der Waals surface area contributed by atoms with Gasteiger partial charge in [-0.15, -0.1) is 0 Å². The molecule has 2 N–H and O–H groups in total. The number of carboxylic acids is 1. The van der Waals surface area contributed by atoms with Gasteiger partial charge in [-0.1, -0.05) is 35.9 Å². The third-order valence-corrected chi connectivity index (χ3v) is 4.68. The van der Waals surface area contributed by atoms with Crippen LogP contribution < -0.4 is 5.32 Å². The number of amides is 2. The Labute approximate surface area is 152 Å². The Morgan fingerprint density at radius 2 is 2.12 bits per heavy atom. The molecule has 0 bridgehead atoms. The molecule has 3 rings (SSSR count). The first-order chi connectivity index (χ1) is 12.5. The van der Waals surface area contributed by atoms with Crippen LogP contribution in [0.25, 0.3) is 0 Å². The summed E-state index contributed by atoms with van der Waals surface area (Å²) in [4.78, 5) is 30.0. The predicted molar refractivity (Wildman–Crippen MR) is 97.7 cm³/mol. The molecule has 26 heavy (non-hydrogen) atoms. The molecule has 2 heterocycles. The molecule has 136 valence electrons. The van der Waals surface area contributed by atoms with Gasteiger partial charge in [0.25, 0.3) is 0 Å². The number of piperidine rings is 1. The molecule has 0 aliphatic carbocycles. The molecular weight excluding hydrogens is 330 g/mol. The van der Waals surface area contributed by atoms with Crippen molar-refractivity contribution in [1.29, 1.82) is 0 Å². The third-order valence-electron chi connectivity index (χ3n) is 4.68. The van der Waals surface area contributed by atoms with E-state index in [0.717, 1.165) is 16.8 Å². The van der Waals surface area contributed by atoms with E-state index < -0.39 is 11.9 Å². The van der Waals surface area contributed by atoms with Crippen LogP contribution in [0.1, 0.15) is 35.7 Å². The van der Waals surface area contributed by atoms with Crippen molar-refractivity contribution < 1.29 is 14.7 Å². The minimum absolute atomic E-state index is 0.240. The van der Waals surface area contributed by atoms with Crippen LogP contribution in [0.5, 0.6) is 0 Å². The van der Waals surface area contributed by atoms with Crippen LogP contribution in [-0.4, -0.2) is 40.1 Å². The van der Waals surface area contributed by atoms with Gasteiger partial charge in [0, 0.05) is 19.3 Å². The van der Waals surface area contributed by atoms with Crippen LogP contribution in [0.2, 0.25) is 0 Å². The lowest BCUT2D eigenvalue weighted by Gasteiger charge is -2.32. The van der Waals surface area contributed by atoms with Crippen LogP contribution in [0.3, 0.4) is 0 Å². The summed E-state index contributed by atoms with van der Waals surface area (Å²) in [6, 6.07) is 12.9. The number of carbonyl (C=O) groups excluding carboxylic acids is 1. The van der Waals surface area contributed by atoms with E-state index in [1.807, 2.05) is 49.4 Å². The maximum atomic E-state index is 12.8. The SMILES string of the molecule is Cc1cccc(C(NC(=O)N2CCCC(C(=O)O)C2)c2ccccn2)c1. The van der Waals surface area contributed by atoms with Gasteiger partial charge in [-0.05, 0) is 37.5 Å². The molecule has 1 fully saturated rings. The highest BCUT2D eigenvalue weighted by molar-refractivity contribution is 5.77. The Bertz CT molecular complexity index is 779. The van der Waals surface area contributed by atoms with E-state index in [-0.39, 0.29) is 18.6 Å². The molecule has 0 radical (unpaired) electrons. The number of benzene rings is 1. The second-order valence-electron chi connectivity index (χ2n) is 6.67. The number of rotatable bonds is 4. The topological polar surface area (TPSA) is 82.5 Å². The first-order valence-corrected chi connectivity index (χ1v) is 8.80. The van der Waals surface area contributed by atoms with Crippen LogP contribution in [-0.2, 0) is 4.79 Å². The summed E-state index contributed by atoms with van der Waals surface area (Å²) < 4.78 is 0. The molecule has 0 saturated carbocycles. The number of carboxylic acid groups (broad SMARTS) is 1. The first-order valence-electron chi connectivity index (χ1n) is 8.80. The van der Waals surface area contributed by atoms with Gasteiger partial charge in [0.05, 0.1) is 17.7 Å². The van der Waals surface area contributed by atoms with Crippen LogP contribution in [0, 0.1) is 12.8 Å². The van der Waals surface area contributed by atoms with E-state index in [1.165, 1.54) is 0 Å². The molecule has 2 unspecified atom stereocenters. The second kappa shape index (κ2) is 7.99. The van der Waals surface area contributed by atoms with Crippen molar-refractivity contribution >= 4 is 12.0 Å². The number of aliphatic carboxylic acids is 1. The van der Waals surface area contributed by atoms with Gasteiger partial charge in [0.2, 0.25) is 0 Å². The molecule has 0 spiro atoms. The summed E-state index contributed by atoms with van der Waals surface area (Å²) in [6.07, 6.45) is 3.01. The van der Waals surface area contributed by atoms with Gasteiger partial charge < -0.3 is 15.3 Å². The number of carbonyl (C=O) groups is 2. The number of aromatic nitrogens is 1. The lowest BCUT2D eigenvalue weighted by molar-refractivity contribution is -0.143. The van der Waals surface area contributed by atoms with Crippen molar-refractivity contribution in [3.63, 3.8) is 0 Å². The highest BCUT2D eigenvalue weighted by atomic mass is 16.4. The Morgan fingerprint density at radius 1 is 1.27 bits per heavy atom. The first kappa shape index (κ1) is 17.9. The van der Waals surface area contributed by atoms with Crippen LogP contribution in [0.4, 0.5) is 4.79 Å². The Hall–Kier alpha value is -2.89. The van der Waals surface area contributed by atoms with Crippen molar-refractivity contribution in [2.75, 3.05) is 13.1 Å². The maximum Gasteiger partial charge on any atom is 0.318 e. The Balaban J connectivity index is 1.82. The fourth-order valence-electron chi connectivity index (χ4n) is 3.30.